The van der Waals surface area contributed by atoms with E-state index in [0.29, 0.717) is 23.8 Å². The molecule has 5 heterocycles. The molecule has 4 aromatic heterocycles. The van der Waals surface area contributed by atoms with Crippen LogP contribution in [0.25, 0.3) is 27.9 Å². The zero-order chi connectivity index (χ0) is 20.2. The van der Waals surface area contributed by atoms with Crippen LogP contribution in [0.5, 0.6) is 0 Å². The van der Waals surface area contributed by atoms with E-state index in [4.69, 9.17) is 0 Å². The number of nitrogens with one attached hydrogen (secondary N) is 2. The smallest absolute Gasteiger partial charge is 0.224 e. The quantitative estimate of drug-likeness (QED) is 0.545. The summed E-state index contributed by atoms with van der Waals surface area (Å²) in [6, 6.07) is 4.17. The Kier molecular flexibility index (Phi) is 3.77. The van der Waals surface area contributed by atoms with Crippen molar-refractivity contribution in [3.63, 3.8) is 0 Å². The van der Waals surface area contributed by atoms with Gasteiger partial charge in [-0.05, 0) is 30.7 Å². The summed E-state index contributed by atoms with van der Waals surface area (Å²) in [5.74, 6) is 1.99. The number of carbonyl (C=O) groups excluding carboxylic acids is 1. The maximum absolute atomic E-state index is 11.6. The highest BCUT2D eigenvalue weighted by Crippen LogP contribution is 2.39. The minimum absolute atomic E-state index is 0.187. The molecule has 0 aromatic carbocycles. The molecule has 2 fully saturated rings. The lowest BCUT2D eigenvalue weighted by atomic mass is 10.0. The lowest BCUT2D eigenvalue weighted by Gasteiger charge is -2.18. The van der Waals surface area contributed by atoms with Crippen LogP contribution in [0.1, 0.15) is 19.8 Å². The van der Waals surface area contributed by atoms with Gasteiger partial charge in [-0.15, -0.1) is 0 Å². The minimum Gasteiger partial charge on any atom is -0.351 e. The number of likely N-dealkylation sites (tertiary alicyclic amines) is 1. The van der Waals surface area contributed by atoms with Gasteiger partial charge in [0, 0.05) is 61.7 Å². The van der Waals surface area contributed by atoms with Crippen LogP contribution in [0, 0.1) is 11.8 Å². The number of carbonyl (C=O) groups is 1. The van der Waals surface area contributed by atoms with Gasteiger partial charge in [0.15, 0.2) is 5.65 Å². The van der Waals surface area contributed by atoms with Crippen molar-refractivity contribution in [2.75, 3.05) is 18.4 Å². The maximum Gasteiger partial charge on any atom is 0.224 e. The maximum atomic E-state index is 11.6. The highest BCUT2D eigenvalue weighted by atomic mass is 16.2. The number of nitrogens with zero attached hydrogens (tertiary/aromatic N) is 6. The van der Waals surface area contributed by atoms with Crippen LogP contribution >= 0.6 is 0 Å². The van der Waals surface area contributed by atoms with Crippen molar-refractivity contribution in [1.29, 1.82) is 0 Å². The minimum atomic E-state index is 0.187. The number of anilines is 1. The van der Waals surface area contributed by atoms with Crippen molar-refractivity contribution >= 4 is 28.5 Å². The van der Waals surface area contributed by atoms with Crippen LogP contribution in [0.4, 0.5) is 5.95 Å². The van der Waals surface area contributed by atoms with Gasteiger partial charge in [-0.1, -0.05) is 0 Å². The Bertz CT molecular complexity index is 1250. The first-order valence-electron chi connectivity index (χ1n) is 10.3. The van der Waals surface area contributed by atoms with E-state index in [0.717, 1.165) is 53.9 Å². The highest BCUT2D eigenvalue weighted by Gasteiger charge is 2.41. The molecular formula is C21H22N8O. The van der Waals surface area contributed by atoms with Crippen molar-refractivity contribution < 1.29 is 4.79 Å². The third-order valence-electron chi connectivity index (χ3n) is 6.50. The van der Waals surface area contributed by atoms with Gasteiger partial charge in [0.2, 0.25) is 11.9 Å². The summed E-state index contributed by atoms with van der Waals surface area (Å²) in [5, 5.41) is 8.64. The van der Waals surface area contributed by atoms with E-state index in [-0.39, 0.29) is 5.91 Å². The monoisotopic (exact) mass is 402 g/mol. The van der Waals surface area contributed by atoms with Crippen molar-refractivity contribution in [3.8, 4) is 11.3 Å². The highest BCUT2D eigenvalue weighted by molar-refractivity contribution is 5.92. The summed E-state index contributed by atoms with van der Waals surface area (Å²) in [6.07, 6.45) is 9.53. The van der Waals surface area contributed by atoms with Gasteiger partial charge in [-0.2, -0.15) is 10.1 Å². The van der Waals surface area contributed by atoms with Gasteiger partial charge in [0.05, 0.1) is 11.9 Å². The fourth-order valence-electron chi connectivity index (χ4n) is 5.01. The molecule has 0 bridgehead atoms. The zero-order valence-electron chi connectivity index (χ0n) is 16.6. The first-order chi connectivity index (χ1) is 14.6. The topological polar surface area (TPSA) is 104 Å². The molecule has 0 spiro atoms. The summed E-state index contributed by atoms with van der Waals surface area (Å²) in [5.41, 5.74) is 3.42. The molecule has 1 unspecified atom stereocenters. The molecule has 9 heteroatoms. The predicted octanol–water partition coefficient (Wildman–Crippen LogP) is 2.34. The van der Waals surface area contributed by atoms with Gasteiger partial charge < -0.3 is 15.2 Å². The van der Waals surface area contributed by atoms with Crippen molar-refractivity contribution in [2.45, 2.75) is 25.8 Å². The third-order valence-corrected chi connectivity index (χ3v) is 6.50. The van der Waals surface area contributed by atoms with Crippen LogP contribution < -0.4 is 5.32 Å². The molecule has 1 aliphatic carbocycles. The molecule has 0 radical (unpaired) electrons. The van der Waals surface area contributed by atoms with Crippen LogP contribution in [0.3, 0.4) is 0 Å². The van der Waals surface area contributed by atoms with E-state index < -0.39 is 0 Å². The summed E-state index contributed by atoms with van der Waals surface area (Å²) in [6.45, 7) is 3.42. The Hall–Kier alpha value is -3.49. The van der Waals surface area contributed by atoms with E-state index in [1.54, 1.807) is 17.6 Å². The van der Waals surface area contributed by atoms with E-state index in [1.807, 2.05) is 35.6 Å². The Balaban J connectivity index is 1.21. The molecule has 3 atom stereocenters. The van der Waals surface area contributed by atoms with E-state index in [9.17, 15) is 4.79 Å². The first-order valence-corrected chi connectivity index (χ1v) is 10.3. The molecular weight excluding hydrogens is 380 g/mol. The number of fused-ring (bicyclic) bond motifs is 3. The molecule has 1 saturated carbocycles. The predicted molar refractivity (Wildman–Crippen MR) is 112 cm³/mol. The van der Waals surface area contributed by atoms with Gasteiger partial charge in [0.1, 0.15) is 5.65 Å². The van der Waals surface area contributed by atoms with E-state index >= 15 is 0 Å². The molecule has 2 aliphatic rings. The van der Waals surface area contributed by atoms with Gasteiger partial charge in [-0.25, -0.2) is 14.5 Å². The fraction of sp³-hybridized carbons (Fsp3) is 0.381. The second-order valence-electron chi connectivity index (χ2n) is 8.36. The van der Waals surface area contributed by atoms with Crippen LogP contribution in [-0.4, -0.2) is 59.5 Å². The van der Waals surface area contributed by atoms with Crippen molar-refractivity contribution in [3.05, 3.63) is 36.9 Å². The molecule has 6 rings (SSSR count). The Morgan fingerprint density at radius 3 is 2.83 bits per heavy atom. The summed E-state index contributed by atoms with van der Waals surface area (Å²) >= 11 is 0. The lowest BCUT2D eigenvalue weighted by Crippen LogP contribution is -2.29. The molecule has 1 aliphatic heterocycles. The normalized spacial score (nSPS) is 23.4. The van der Waals surface area contributed by atoms with Gasteiger partial charge in [-0.3, -0.25) is 4.79 Å². The largest absolute Gasteiger partial charge is 0.351 e. The standard InChI is InChI=1S/C21H22N8O/c1-12(30)28-10-13-6-15(7-14(13)11-28)25-21-23-9-17-16(8-22-20(17)27-21)18-3-5-29-19(26-18)2-4-24-29/h2-5,8-9,13-15H,6-7,10-11H2,1H3,(H2,22,23,25,27)/t13-,14+,15?. The van der Waals surface area contributed by atoms with Crippen LogP contribution in [0.15, 0.2) is 36.9 Å². The number of H-pyrrole nitrogens is 1. The molecule has 152 valence electrons. The van der Waals surface area contributed by atoms with Crippen molar-refractivity contribution in [1.82, 2.24) is 34.4 Å². The molecule has 4 aromatic rings. The van der Waals surface area contributed by atoms with Crippen LogP contribution in [-0.2, 0) is 4.79 Å². The molecule has 30 heavy (non-hydrogen) atoms. The zero-order valence-corrected chi connectivity index (χ0v) is 16.6. The van der Waals surface area contributed by atoms with E-state index in [1.165, 1.54) is 0 Å². The van der Waals surface area contributed by atoms with Crippen molar-refractivity contribution in [2.24, 2.45) is 11.8 Å². The number of aromatic nitrogens is 6. The number of hydrogen-bond donors (Lipinski definition) is 2. The van der Waals surface area contributed by atoms with Crippen LogP contribution in [0.2, 0.25) is 0 Å². The summed E-state index contributed by atoms with van der Waals surface area (Å²) in [7, 11) is 0. The summed E-state index contributed by atoms with van der Waals surface area (Å²) in [4.78, 5) is 30.8. The summed E-state index contributed by atoms with van der Waals surface area (Å²) < 4.78 is 1.74. The van der Waals surface area contributed by atoms with E-state index in [2.05, 4.69) is 30.4 Å². The Morgan fingerprint density at radius 1 is 1.20 bits per heavy atom. The second kappa shape index (κ2) is 6.51. The SMILES string of the molecule is CC(=O)N1C[C@H]2CC(Nc3ncc4c(-c5ccn6nccc6n5)c[nH]c4n3)C[C@H]2C1. The fourth-order valence-corrected chi connectivity index (χ4v) is 5.01. The molecule has 2 N–H and O–H groups in total. The second-order valence-corrected chi connectivity index (χ2v) is 8.36. The first kappa shape index (κ1) is 17.4. The molecule has 9 nitrogen and oxygen atoms in total. The lowest BCUT2D eigenvalue weighted by molar-refractivity contribution is -0.128. The van der Waals surface area contributed by atoms with Gasteiger partial charge >= 0.3 is 0 Å². The average Bonchev–Trinajstić information content (AvgIpc) is 3.49. The van der Waals surface area contributed by atoms with Gasteiger partial charge in [0.25, 0.3) is 0 Å². The number of hydrogen-bond acceptors (Lipinski definition) is 6. The molecule has 1 saturated heterocycles. The number of amides is 1. The third kappa shape index (κ3) is 2.80. The molecule has 1 amide bonds. The number of rotatable bonds is 3. The number of aromatic amines is 1. The Morgan fingerprint density at radius 2 is 2.03 bits per heavy atom. The average molecular weight is 402 g/mol. The Labute approximate surface area is 172 Å².